The molecule has 0 saturated carbocycles. The van der Waals surface area contributed by atoms with Crippen LogP contribution in [0.25, 0.3) is 10.9 Å². The number of quaternary nitrogens is 1. The molecule has 5 heteroatoms. The summed E-state index contributed by atoms with van der Waals surface area (Å²) in [7, 11) is 0. The van der Waals surface area contributed by atoms with Gasteiger partial charge in [0.15, 0.2) is 0 Å². The summed E-state index contributed by atoms with van der Waals surface area (Å²) >= 11 is 0. The van der Waals surface area contributed by atoms with Crippen molar-refractivity contribution < 1.29 is 15.5 Å². The number of aromatic nitrogens is 1. The number of nitrogens with one attached hydrogen (secondary N) is 1. The molecule has 0 saturated heterocycles. The molecule has 1 aliphatic carbocycles. The van der Waals surface area contributed by atoms with E-state index in [4.69, 9.17) is 0 Å². The van der Waals surface area contributed by atoms with Gasteiger partial charge in [0, 0.05) is 24.3 Å². The fourth-order valence-electron chi connectivity index (χ4n) is 4.63. The first kappa shape index (κ1) is 19.7. The van der Waals surface area contributed by atoms with Gasteiger partial charge in [-0.15, -0.1) is 0 Å². The van der Waals surface area contributed by atoms with Gasteiger partial charge in [0.1, 0.15) is 18.4 Å². The Labute approximate surface area is 170 Å². The van der Waals surface area contributed by atoms with Crippen molar-refractivity contribution in [2.75, 3.05) is 6.54 Å². The molecule has 2 aromatic carbocycles. The number of aromatic amines is 1. The van der Waals surface area contributed by atoms with Crippen LogP contribution in [0.2, 0.25) is 0 Å². The summed E-state index contributed by atoms with van der Waals surface area (Å²) in [6, 6.07) is 11.5. The van der Waals surface area contributed by atoms with Crippen molar-refractivity contribution in [3.63, 3.8) is 0 Å². The lowest BCUT2D eigenvalue weighted by molar-refractivity contribution is -0.693. The molecule has 0 amide bonds. The van der Waals surface area contributed by atoms with Gasteiger partial charge in [-0.05, 0) is 52.8 Å². The average molecular weight is 394 g/mol. The van der Waals surface area contributed by atoms with Crippen molar-refractivity contribution in [3.8, 4) is 5.75 Å². The molecule has 0 aliphatic heterocycles. The number of H-pyrrole nitrogens is 1. The number of hydrogen-bond donors (Lipinski definition) is 4. The number of rotatable bonds is 6. The van der Waals surface area contributed by atoms with Gasteiger partial charge in [0.05, 0.1) is 11.6 Å². The zero-order valence-electron chi connectivity index (χ0n) is 17.0. The normalized spacial score (nSPS) is 15.0. The molecule has 4 rings (SSSR count). The quantitative estimate of drug-likeness (QED) is 0.517. The van der Waals surface area contributed by atoms with Crippen LogP contribution in [0.4, 0.5) is 0 Å². The summed E-state index contributed by atoms with van der Waals surface area (Å²) in [4.78, 5) is 14.2. The molecule has 1 atom stereocenters. The number of hydrogen-bond acceptors (Lipinski definition) is 3. The van der Waals surface area contributed by atoms with Gasteiger partial charge in [0.25, 0.3) is 0 Å². The van der Waals surface area contributed by atoms with Crippen LogP contribution in [0, 0.1) is 0 Å². The van der Waals surface area contributed by atoms with E-state index in [-0.39, 0.29) is 11.3 Å². The Morgan fingerprint density at radius 1 is 1.07 bits per heavy atom. The smallest absolute Gasteiger partial charge is 0.248 e. The lowest BCUT2D eigenvalue weighted by atomic mass is 9.97. The Morgan fingerprint density at radius 2 is 1.72 bits per heavy atom. The molecule has 0 bridgehead atoms. The molecular formula is C24H29N2O3+. The molecule has 0 spiro atoms. The predicted molar refractivity (Wildman–Crippen MR) is 114 cm³/mol. The molecule has 3 aromatic rings. The maximum absolute atomic E-state index is 11.6. The minimum Gasteiger partial charge on any atom is -0.506 e. The highest BCUT2D eigenvalue weighted by atomic mass is 16.3. The number of nitrogens with two attached hydrogens (primary N) is 1. The first-order valence-electron chi connectivity index (χ1n) is 10.5. The fourth-order valence-corrected chi connectivity index (χ4v) is 4.63. The van der Waals surface area contributed by atoms with Gasteiger partial charge in [0.2, 0.25) is 5.56 Å². The Kier molecular flexibility index (Phi) is 5.43. The van der Waals surface area contributed by atoms with E-state index in [0.717, 1.165) is 31.2 Å². The van der Waals surface area contributed by atoms with Gasteiger partial charge in [-0.2, -0.15) is 0 Å². The van der Waals surface area contributed by atoms with Gasteiger partial charge in [-0.1, -0.05) is 32.0 Å². The Hall–Kier alpha value is -2.63. The van der Waals surface area contributed by atoms with Crippen molar-refractivity contribution >= 4 is 10.9 Å². The lowest BCUT2D eigenvalue weighted by Crippen LogP contribution is -2.91. The van der Waals surface area contributed by atoms with Crippen molar-refractivity contribution in [2.45, 2.75) is 51.7 Å². The number of fused-ring (bicyclic) bond motifs is 2. The van der Waals surface area contributed by atoms with Crippen LogP contribution in [0.1, 0.15) is 47.8 Å². The number of aliphatic hydroxyl groups excluding tert-OH is 1. The van der Waals surface area contributed by atoms with Crippen LogP contribution in [0.5, 0.6) is 5.75 Å². The molecule has 1 heterocycles. The second-order valence-electron chi connectivity index (χ2n) is 8.04. The summed E-state index contributed by atoms with van der Waals surface area (Å²) in [5.74, 6) is 0.0160. The van der Waals surface area contributed by atoms with Crippen LogP contribution in [-0.4, -0.2) is 27.8 Å². The minimum atomic E-state index is -0.676. The highest BCUT2D eigenvalue weighted by Gasteiger charge is 2.26. The number of aryl methyl sites for hydroxylation is 2. The van der Waals surface area contributed by atoms with E-state index in [2.05, 4.69) is 36.3 Å². The maximum atomic E-state index is 11.6. The van der Waals surface area contributed by atoms with Crippen LogP contribution >= 0.6 is 0 Å². The van der Waals surface area contributed by atoms with Gasteiger partial charge in [-0.25, -0.2) is 0 Å². The molecule has 1 unspecified atom stereocenters. The summed E-state index contributed by atoms with van der Waals surface area (Å²) in [6.07, 6.45) is 3.52. The van der Waals surface area contributed by atoms with Crippen molar-refractivity contribution in [1.29, 1.82) is 0 Å². The van der Waals surface area contributed by atoms with E-state index >= 15 is 0 Å². The van der Waals surface area contributed by atoms with Crippen LogP contribution in [0.3, 0.4) is 0 Å². The monoisotopic (exact) mass is 393 g/mol. The van der Waals surface area contributed by atoms with E-state index in [9.17, 15) is 15.0 Å². The molecule has 152 valence electrons. The standard InChI is InChI=1S/C24H28N2O3/c1-3-14-9-16-11-18(12-17(16)10-15(14)4-2)25-13-22(28)19-5-7-21(27)24-20(19)6-8-23(29)26-24/h5-10,18,22,25,27-28H,3-4,11-13H2,1-2H3,(H,26,29)/p+1. The third-order valence-corrected chi connectivity index (χ3v) is 6.21. The van der Waals surface area contributed by atoms with Crippen LogP contribution < -0.4 is 10.9 Å². The predicted octanol–water partition coefficient (Wildman–Crippen LogP) is 2.12. The number of benzene rings is 2. The first-order chi connectivity index (χ1) is 14.0. The molecule has 5 N–H and O–H groups in total. The Morgan fingerprint density at radius 3 is 2.34 bits per heavy atom. The topological polar surface area (TPSA) is 89.9 Å². The average Bonchev–Trinajstić information content (AvgIpc) is 3.13. The number of phenolic OH excluding ortho intramolecular Hbond substituents is 1. The van der Waals surface area contributed by atoms with Gasteiger partial charge < -0.3 is 20.5 Å². The van der Waals surface area contributed by atoms with E-state index in [1.165, 1.54) is 34.4 Å². The lowest BCUT2D eigenvalue weighted by Gasteiger charge is -2.16. The van der Waals surface area contributed by atoms with Crippen LogP contribution in [0.15, 0.2) is 41.2 Å². The highest BCUT2D eigenvalue weighted by molar-refractivity contribution is 5.87. The SMILES string of the molecule is CCc1cc2c(cc1CC)CC([NH2+]CC(O)c1ccc(O)c3[nH]c(=O)ccc13)C2. The zero-order valence-corrected chi connectivity index (χ0v) is 17.0. The third-order valence-electron chi connectivity index (χ3n) is 6.21. The number of pyridine rings is 1. The van der Waals surface area contributed by atoms with Crippen molar-refractivity contribution in [2.24, 2.45) is 0 Å². The third kappa shape index (κ3) is 3.80. The summed E-state index contributed by atoms with van der Waals surface area (Å²) in [6.45, 7) is 4.97. The number of aliphatic hydroxyl groups is 1. The van der Waals surface area contributed by atoms with E-state index < -0.39 is 6.10 Å². The Balaban J connectivity index is 1.48. The van der Waals surface area contributed by atoms with E-state index in [1.54, 1.807) is 12.1 Å². The minimum absolute atomic E-state index is 0.0160. The number of phenols is 1. The van der Waals surface area contributed by atoms with E-state index in [0.29, 0.717) is 23.5 Å². The number of aromatic hydroxyl groups is 1. The zero-order chi connectivity index (χ0) is 20.5. The fraction of sp³-hybridized carbons (Fsp3) is 0.375. The molecular weight excluding hydrogens is 364 g/mol. The molecule has 29 heavy (non-hydrogen) atoms. The van der Waals surface area contributed by atoms with E-state index in [1.807, 2.05) is 0 Å². The second-order valence-corrected chi connectivity index (χ2v) is 8.04. The van der Waals surface area contributed by atoms with Crippen molar-refractivity contribution in [1.82, 2.24) is 4.98 Å². The second kappa shape index (κ2) is 8.01. The molecule has 5 nitrogen and oxygen atoms in total. The molecule has 1 aliphatic rings. The van der Waals surface area contributed by atoms with Crippen LogP contribution in [-0.2, 0) is 25.7 Å². The molecule has 0 radical (unpaired) electrons. The summed E-state index contributed by atoms with van der Waals surface area (Å²) < 4.78 is 0. The summed E-state index contributed by atoms with van der Waals surface area (Å²) in [5, 5.41) is 23.8. The maximum Gasteiger partial charge on any atom is 0.248 e. The first-order valence-corrected chi connectivity index (χ1v) is 10.5. The Bertz CT molecular complexity index is 1070. The van der Waals surface area contributed by atoms with Gasteiger partial charge >= 0.3 is 0 Å². The largest absolute Gasteiger partial charge is 0.506 e. The highest BCUT2D eigenvalue weighted by Crippen LogP contribution is 2.29. The molecule has 0 fully saturated rings. The van der Waals surface area contributed by atoms with Crippen molar-refractivity contribution in [3.05, 3.63) is 74.6 Å². The summed E-state index contributed by atoms with van der Waals surface area (Å²) in [5.41, 5.74) is 6.63. The van der Waals surface area contributed by atoms with Gasteiger partial charge in [-0.3, -0.25) is 4.79 Å². The molecule has 1 aromatic heterocycles.